The van der Waals surface area contributed by atoms with Gasteiger partial charge in [-0.2, -0.15) is 5.26 Å². The first-order valence-corrected chi connectivity index (χ1v) is 5.82. The molecule has 0 saturated heterocycles. The largest absolute Gasteiger partial charge is 0.377 e. The second kappa shape index (κ2) is 5.49. The molecular formula is C15H12F2N2. The number of hydrogen-bond acceptors (Lipinski definition) is 2. The number of anilines is 1. The number of para-hydroxylation sites is 1. The summed E-state index contributed by atoms with van der Waals surface area (Å²) in [5.74, 6) is -1.21. The summed E-state index contributed by atoms with van der Waals surface area (Å²) in [4.78, 5) is 0. The zero-order valence-electron chi connectivity index (χ0n) is 10.3. The van der Waals surface area contributed by atoms with Crippen LogP contribution in [0.3, 0.4) is 0 Å². The second-order valence-electron chi connectivity index (χ2n) is 4.19. The van der Waals surface area contributed by atoms with E-state index >= 15 is 0 Å². The van der Waals surface area contributed by atoms with Gasteiger partial charge in [-0.15, -0.1) is 0 Å². The molecule has 0 bridgehead atoms. The maximum atomic E-state index is 13.6. The molecule has 1 atom stereocenters. The Morgan fingerprint density at radius 3 is 2.58 bits per heavy atom. The lowest BCUT2D eigenvalue weighted by Crippen LogP contribution is -2.09. The molecule has 0 aliphatic heterocycles. The summed E-state index contributed by atoms with van der Waals surface area (Å²) in [6, 6.07) is 12.1. The van der Waals surface area contributed by atoms with Crippen LogP contribution in [-0.2, 0) is 0 Å². The van der Waals surface area contributed by atoms with Crippen molar-refractivity contribution in [2.45, 2.75) is 13.0 Å². The van der Waals surface area contributed by atoms with E-state index in [9.17, 15) is 8.78 Å². The molecule has 0 aliphatic carbocycles. The minimum atomic E-state index is -0.606. The molecule has 0 fully saturated rings. The van der Waals surface area contributed by atoms with Crippen molar-refractivity contribution in [2.24, 2.45) is 0 Å². The molecule has 19 heavy (non-hydrogen) atoms. The predicted molar refractivity (Wildman–Crippen MR) is 69.6 cm³/mol. The Labute approximate surface area is 110 Å². The Hall–Kier alpha value is -2.41. The summed E-state index contributed by atoms with van der Waals surface area (Å²) in [5.41, 5.74) is 1.47. The van der Waals surface area contributed by atoms with Crippen molar-refractivity contribution in [3.8, 4) is 6.07 Å². The van der Waals surface area contributed by atoms with E-state index in [2.05, 4.69) is 11.4 Å². The quantitative estimate of drug-likeness (QED) is 0.902. The minimum Gasteiger partial charge on any atom is -0.377 e. The van der Waals surface area contributed by atoms with Crippen molar-refractivity contribution >= 4 is 5.69 Å². The molecule has 2 nitrogen and oxygen atoms in total. The first-order valence-electron chi connectivity index (χ1n) is 5.82. The molecule has 1 unspecified atom stereocenters. The van der Waals surface area contributed by atoms with Gasteiger partial charge in [-0.05, 0) is 25.1 Å². The molecular weight excluding hydrogens is 246 g/mol. The zero-order chi connectivity index (χ0) is 13.8. The summed E-state index contributed by atoms with van der Waals surface area (Å²) in [5, 5.41) is 12.0. The van der Waals surface area contributed by atoms with Crippen molar-refractivity contribution in [1.29, 1.82) is 5.26 Å². The number of hydrogen-bond donors (Lipinski definition) is 1. The van der Waals surface area contributed by atoms with Gasteiger partial charge in [0.1, 0.15) is 17.7 Å². The third-order valence-electron chi connectivity index (χ3n) is 2.85. The SMILES string of the molecule is CC(Nc1ccccc1C#N)c1ccc(F)cc1F. The zero-order valence-corrected chi connectivity index (χ0v) is 10.3. The smallest absolute Gasteiger partial charge is 0.131 e. The summed E-state index contributed by atoms with van der Waals surface area (Å²) in [6.07, 6.45) is 0. The molecule has 96 valence electrons. The Morgan fingerprint density at radius 1 is 1.16 bits per heavy atom. The van der Waals surface area contributed by atoms with Crippen LogP contribution < -0.4 is 5.32 Å². The average molecular weight is 258 g/mol. The van der Waals surface area contributed by atoms with Gasteiger partial charge >= 0.3 is 0 Å². The maximum absolute atomic E-state index is 13.6. The molecule has 2 rings (SSSR count). The number of rotatable bonds is 3. The van der Waals surface area contributed by atoms with Gasteiger partial charge in [0, 0.05) is 11.6 Å². The highest BCUT2D eigenvalue weighted by Crippen LogP contribution is 2.24. The van der Waals surface area contributed by atoms with E-state index in [0.29, 0.717) is 16.8 Å². The van der Waals surface area contributed by atoms with Crippen LogP contribution in [-0.4, -0.2) is 0 Å². The third-order valence-corrected chi connectivity index (χ3v) is 2.85. The maximum Gasteiger partial charge on any atom is 0.131 e. The fraction of sp³-hybridized carbons (Fsp3) is 0.133. The topological polar surface area (TPSA) is 35.8 Å². The summed E-state index contributed by atoms with van der Waals surface area (Å²) in [7, 11) is 0. The molecule has 0 amide bonds. The molecule has 0 radical (unpaired) electrons. The van der Waals surface area contributed by atoms with Crippen LogP contribution in [0.2, 0.25) is 0 Å². The van der Waals surface area contributed by atoms with Crippen LogP contribution in [0, 0.1) is 23.0 Å². The highest BCUT2D eigenvalue weighted by molar-refractivity contribution is 5.58. The van der Waals surface area contributed by atoms with Gasteiger partial charge in [-0.1, -0.05) is 18.2 Å². The van der Waals surface area contributed by atoms with E-state index in [1.165, 1.54) is 12.1 Å². The van der Waals surface area contributed by atoms with Crippen molar-refractivity contribution in [1.82, 2.24) is 0 Å². The van der Waals surface area contributed by atoms with Crippen LogP contribution in [0.25, 0.3) is 0 Å². The van der Waals surface area contributed by atoms with Gasteiger partial charge in [0.05, 0.1) is 17.3 Å². The van der Waals surface area contributed by atoms with E-state index in [1.807, 2.05) is 0 Å². The van der Waals surface area contributed by atoms with Crippen LogP contribution >= 0.6 is 0 Å². The molecule has 1 N–H and O–H groups in total. The van der Waals surface area contributed by atoms with E-state index in [4.69, 9.17) is 5.26 Å². The summed E-state index contributed by atoms with van der Waals surface area (Å²) in [6.45, 7) is 1.75. The molecule has 0 saturated carbocycles. The third kappa shape index (κ3) is 2.89. The number of benzene rings is 2. The van der Waals surface area contributed by atoms with Gasteiger partial charge < -0.3 is 5.32 Å². The van der Waals surface area contributed by atoms with Gasteiger partial charge in [0.25, 0.3) is 0 Å². The first kappa shape index (κ1) is 13.0. The number of halogens is 2. The van der Waals surface area contributed by atoms with Crippen LogP contribution in [0.1, 0.15) is 24.1 Å². The van der Waals surface area contributed by atoms with E-state index in [0.717, 1.165) is 6.07 Å². The fourth-order valence-corrected chi connectivity index (χ4v) is 1.87. The van der Waals surface area contributed by atoms with Crippen LogP contribution in [0.4, 0.5) is 14.5 Å². The molecule has 0 heterocycles. The lowest BCUT2D eigenvalue weighted by molar-refractivity contribution is 0.566. The number of nitriles is 1. The van der Waals surface area contributed by atoms with Gasteiger partial charge in [0.2, 0.25) is 0 Å². The Bertz CT molecular complexity index is 632. The van der Waals surface area contributed by atoms with Crippen LogP contribution in [0.15, 0.2) is 42.5 Å². The normalized spacial score (nSPS) is 11.7. The molecule has 0 aromatic heterocycles. The monoisotopic (exact) mass is 258 g/mol. The average Bonchev–Trinajstić information content (AvgIpc) is 2.39. The standard InChI is InChI=1S/C15H12F2N2/c1-10(13-7-6-12(16)8-14(13)17)19-15-5-3-2-4-11(15)9-18/h2-8,10,19H,1H3. The highest BCUT2D eigenvalue weighted by atomic mass is 19.1. The minimum absolute atomic E-state index is 0.356. The lowest BCUT2D eigenvalue weighted by atomic mass is 10.1. The molecule has 2 aromatic rings. The Balaban J connectivity index is 2.26. The van der Waals surface area contributed by atoms with Gasteiger partial charge in [0.15, 0.2) is 0 Å². The highest BCUT2D eigenvalue weighted by Gasteiger charge is 2.12. The van der Waals surface area contributed by atoms with Gasteiger partial charge in [-0.25, -0.2) is 8.78 Å². The Kier molecular flexibility index (Phi) is 3.76. The Morgan fingerprint density at radius 2 is 1.89 bits per heavy atom. The summed E-state index contributed by atoms with van der Waals surface area (Å²) < 4.78 is 26.5. The van der Waals surface area contributed by atoms with Crippen molar-refractivity contribution in [3.63, 3.8) is 0 Å². The van der Waals surface area contributed by atoms with Crippen molar-refractivity contribution < 1.29 is 8.78 Å². The first-order chi connectivity index (χ1) is 9.11. The molecule has 4 heteroatoms. The number of nitrogens with one attached hydrogen (secondary N) is 1. The molecule has 2 aromatic carbocycles. The van der Waals surface area contributed by atoms with E-state index < -0.39 is 11.6 Å². The summed E-state index contributed by atoms with van der Waals surface area (Å²) >= 11 is 0. The molecule has 0 aliphatic rings. The fourth-order valence-electron chi connectivity index (χ4n) is 1.87. The molecule has 0 spiro atoms. The van der Waals surface area contributed by atoms with Crippen molar-refractivity contribution in [3.05, 3.63) is 65.2 Å². The lowest BCUT2D eigenvalue weighted by Gasteiger charge is -2.17. The van der Waals surface area contributed by atoms with E-state index in [1.54, 1.807) is 31.2 Å². The predicted octanol–water partition coefficient (Wildman–Crippen LogP) is 4.01. The van der Waals surface area contributed by atoms with E-state index in [-0.39, 0.29) is 6.04 Å². The van der Waals surface area contributed by atoms with Gasteiger partial charge in [-0.3, -0.25) is 0 Å². The second-order valence-corrected chi connectivity index (χ2v) is 4.19. The van der Waals surface area contributed by atoms with Crippen molar-refractivity contribution in [2.75, 3.05) is 5.32 Å². The number of nitrogens with zero attached hydrogens (tertiary/aromatic N) is 1. The van der Waals surface area contributed by atoms with Crippen LogP contribution in [0.5, 0.6) is 0 Å².